The second kappa shape index (κ2) is 7.72. The van der Waals surface area contributed by atoms with Crippen LogP contribution in [0, 0.1) is 6.92 Å². The molecule has 7 heteroatoms. The third kappa shape index (κ3) is 3.91. The van der Waals surface area contributed by atoms with Crippen molar-refractivity contribution < 1.29 is 9.32 Å². The Labute approximate surface area is 145 Å². The van der Waals surface area contributed by atoms with Gasteiger partial charge in [-0.3, -0.25) is 9.69 Å². The highest BCUT2D eigenvalue weighted by molar-refractivity contribution is 7.09. The van der Waals surface area contributed by atoms with E-state index in [4.69, 9.17) is 4.52 Å². The van der Waals surface area contributed by atoms with Crippen molar-refractivity contribution in [2.75, 3.05) is 19.6 Å². The minimum atomic E-state index is 0.0683. The topological polar surface area (TPSA) is 62.5 Å². The van der Waals surface area contributed by atoms with E-state index in [2.05, 4.69) is 27.7 Å². The van der Waals surface area contributed by atoms with Crippen LogP contribution in [0.1, 0.15) is 35.5 Å². The van der Waals surface area contributed by atoms with E-state index >= 15 is 0 Å². The zero-order valence-electron chi connectivity index (χ0n) is 13.9. The van der Waals surface area contributed by atoms with E-state index in [1.807, 2.05) is 16.3 Å². The van der Waals surface area contributed by atoms with E-state index in [0.29, 0.717) is 31.3 Å². The standard InChI is InChI=1S/C17H22N4O2S/c1-3-8-21(11-14-6-5-10-24-14)16(22)12-20-9-4-7-15(20)17-18-13(2)23-19-17/h3,5-6,10,15H,1,4,7-9,11-12H2,2H3/t15-/m0/s1. The van der Waals surface area contributed by atoms with Crippen LogP contribution in [-0.2, 0) is 11.3 Å². The van der Waals surface area contributed by atoms with E-state index < -0.39 is 0 Å². The van der Waals surface area contributed by atoms with E-state index in [1.54, 1.807) is 24.3 Å². The highest BCUT2D eigenvalue weighted by Gasteiger charge is 2.32. The van der Waals surface area contributed by atoms with Gasteiger partial charge >= 0.3 is 0 Å². The summed E-state index contributed by atoms with van der Waals surface area (Å²) in [7, 11) is 0. The van der Waals surface area contributed by atoms with E-state index in [9.17, 15) is 4.79 Å². The van der Waals surface area contributed by atoms with Crippen LogP contribution in [0.3, 0.4) is 0 Å². The van der Waals surface area contributed by atoms with E-state index in [0.717, 1.165) is 19.4 Å². The quantitative estimate of drug-likeness (QED) is 0.722. The van der Waals surface area contributed by atoms with Gasteiger partial charge in [-0.15, -0.1) is 17.9 Å². The SMILES string of the molecule is C=CCN(Cc1cccs1)C(=O)CN1CCC[C@H]1c1noc(C)n1. The van der Waals surface area contributed by atoms with Crippen molar-refractivity contribution in [2.24, 2.45) is 0 Å². The number of hydrogen-bond acceptors (Lipinski definition) is 6. The number of aryl methyl sites for hydroxylation is 1. The third-order valence-electron chi connectivity index (χ3n) is 4.17. The zero-order valence-corrected chi connectivity index (χ0v) is 14.7. The molecule has 1 fully saturated rings. The van der Waals surface area contributed by atoms with Crippen molar-refractivity contribution in [3.8, 4) is 0 Å². The normalized spacial score (nSPS) is 18.0. The van der Waals surface area contributed by atoms with Crippen LogP contribution in [0.2, 0.25) is 0 Å². The average Bonchev–Trinajstić information content (AvgIpc) is 3.28. The van der Waals surface area contributed by atoms with Gasteiger partial charge in [-0.1, -0.05) is 17.3 Å². The summed E-state index contributed by atoms with van der Waals surface area (Å²) < 4.78 is 5.09. The smallest absolute Gasteiger partial charge is 0.237 e. The Morgan fingerprint density at radius 3 is 3.17 bits per heavy atom. The number of rotatable bonds is 7. The van der Waals surface area contributed by atoms with Crippen LogP contribution in [-0.4, -0.2) is 45.5 Å². The molecule has 2 aromatic heterocycles. The highest BCUT2D eigenvalue weighted by atomic mass is 32.1. The molecule has 1 atom stereocenters. The monoisotopic (exact) mass is 346 g/mol. The summed E-state index contributed by atoms with van der Waals surface area (Å²) in [4.78, 5) is 22.3. The third-order valence-corrected chi connectivity index (χ3v) is 5.03. The van der Waals surface area contributed by atoms with Crippen molar-refractivity contribution in [3.63, 3.8) is 0 Å². The van der Waals surface area contributed by atoms with Gasteiger partial charge in [0, 0.05) is 18.3 Å². The first kappa shape index (κ1) is 16.9. The molecule has 2 aromatic rings. The number of aromatic nitrogens is 2. The Bertz CT molecular complexity index is 683. The van der Waals surface area contributed by atoms with Crippen LogP contribution >= 0.6 is 11.3 Å². The number of nitrogens with zero attached hydrogens (tertiary/aromatic N) is 4. The molecule has 0 aliphatic carbocycles. The van der Waals surface area contributed by atoms with Crippen LogP contribution < -0.4 is 0 Å². The minimum absolute atomic E-state index is 0.0683. The van der Waals surface area contributed by atoms with Gasteiger partial charge in [0.05, 0.1) is 19.1 Å². The van der Waals surface area contributed by atoms with Crippen LogP contribution in [0.5, 0.6) is 0 Å². The Balaban J connectivity index is 1.65. The lowest BCUT2D eigenvalue weighted by atomic mass is 10.2. The predicted molar refractivity (Wildman–Crippen MR) is 92.5 cm³/mol. The van der Waals surface area contributed by atoms with Crippen molar-refractivity contribution >= 4 is 17.2 Å². The van der Waals surface area contributed by atoms with Gasteiger partial charge in [0.25, 0.3) is 0 Å². The summed E-state index contributed by atoms with van der Waals surface area (Å²) in [5.41, 5.74) is 0. The molecule has 24 heavy (non-hydrogen) atoms. The molecule has 0 aromatic carbocycles. The molecule has 0 radical (unpaired) electrons. The second-order valence-electron chi connectivity index (χ2n) is 5.94. The summed E-state index contributed by atoms with van der Waals surface area (Å²) in [6.07, 6.45) is 3.77. The molecule has 0 N–H and O–H groups in total. The zero-order chi connectivity index (χ0) is 16.9. The number of carbonyl (C=O) groups is 1. The molecular weight excluding hydrogens is 324 g/mol. The molecular formula is C17H22N4O2S. The summed E-state index contributed by atoms with van der Waals surface area (Å²) in [6, 6.07) is 4.12. The molecule has 0 saturated carbocycles. The number of hydrogen-bond donors (Lipinski definition) is 0. The number of thiophene rings is 1. The number of carbonyl (C=O) groups excluding carboxylic acids is 1. The Hall–Kier alpha value is -1.99. The average molecular weight is 346 g/mol. The Kier molecular flexibility index (Phi) is 5.42. The first-order chi connectivity index (χ1) is 11.7. The van der Waals surface area contributed by atoms with Gasteiger partial charge in [-0.05, 0) is 30.8 Å². The largest absolute Gasteiger partial charge is 0.340 e. The summed E-state index contributed by atoms with van der Waals surface area (Å²) >= 11 is 1.66. The first-order valence-electron chi connectivity index (χ1n) is 8.12. The van der Waals surface area contributed by atoms with Gasteiger partial charge in [0.2, 0.25) is 11.8 Å². The van der Waals surface area contributed by atoms with Crippen molar-refractivity contribution in [1.29, 1.82) is 0 Å². The maximum atomic E-state index is 12.8. The molecule has 3 rings (SSSR count). The van der Waals surface area contributed by atoms with Crippen molar-refractivity contribution in [1.82, 2.24) is 19.9 Å². The van der Waals surface area contributed by atoms with Crippen LogP contribution in [0.25, 0.3) is 0 Å². The fourth-order valence-corrected chi connectivity index (χ4v) is 3.75. The summed E-state index contributed by atoms with van der Waals surface area (Å²) in [5.74, 6) is 1.36. The van der Waals surface area contributed by atoms with E-state index in [-0.39, 0.29) is 11.9 Å². The van der Waals surface area contributed by atoms with Gasteiger partial charge in [0.15, 0.2) is 5.82 Å². The fraction of sp³-hybridized carbons (Fsp3) is 0.471. The maximum absolute atomic E-state index is 12.8. The lowest BCUT2D eigenvalue weighted by Gasteiger charge is -2.26. The molecule has 6 nitrogen and oxygen atoms in total. The van der Waals surface area contributed by atoms with Crippen molar-refractivity contribution in [3.05, 3.63) is 46.8 Å². The lowest BCUT2D eigenvalue weighted by Crippen LogP contribution is -2.40. The summed E-state index contributed by atoms with van der Waals surface area (Å²) in [6.45, 7) is 7.99. The first-order valence-corrected chi connectivity index (χ1v) is 9.00. The molecule has 0 bridgehead atoms. The molecule has 3 heterocycles. The van der Waals surface area contributed by atoms with Crippen molar-refractivity contribution in [2.45, 2.75) is 32.4 Å². The molecule has 0 unspecified atom stereocenters. The predicted octanol–water partition coefficient (Wildman–Crippen LogP) is 2.79. The second-order valence-corrected chi connectivity index (χ2v) is 6.97. The Morgan fingerprint density at radius 2 is 2.50 bits per heavy atom. The lowest BCUT2D eigenvalue weighted by molar-refractivity contribution is -0.132. The maximum Gasteiger partial charge on any atom is 0.237 e. The molecule has 1 saturated heterocycles. The molecule has 128 valence electrons. The van der Waals surface area contributed by atoms with Gasteiger partial charge in [0.1, 0.15) is 0 Å². The molecule has 0 spiro atoms. The van der Waals surface area contributed by atoms with Crippen LogP contribution in [0.15, 0.2) is 34.7 Å². The highest BCUT2D eigenvalue weighted by Crippen LogP contribution is 2.30. The molecule has 1 aliphatic heterocycles. The molecule has 1 aliphatic rings. The summed E-state index contributed by atoms with van der Waals surface area (Å²) in [5, 5.41) is 6.06. The van der Waals surface area contributed by atoms with E-state index in [1.165, 1.54) is 4.88 Å². The van der Waals surface area contributed by atoms with Crippen LogP contribution in [0.4, 0.5) is 0 Å². The van der Waals surface area contributed by atoms with Gasteiger partial charge < -0.3 is 9.42 Å². The number of likely N-dealkylation sites (tertiary alicyclic amines) is 1. The minimum Gasteiger partial charge on any atom is -0.340 e. The van der Waals surface area contributed by atoms with Gasteiger partial charge in [-0.2, -0.15) is 4.98 Å². The Morgan fingerprint density at radius 1 is 1.62 bits per heavy atom. The number of amides is 1. The molecule has 1 amide bonds. The van der Waals surface area contributed by atoms with Gasteiger partial charge in [-0.25, -0.2) is 0 Å². The fourth-order valence-electron chi connectivity index (χ4n) is 3.03.